The lowest BCUT2D eigenvalue weighted by atomic mass is 10.1. The highest BCUT2D eigenvalue weighted by atomic mass is 35.5. The third kappa shape index (κ3) is 5.57. The highest BCUT2D eigenvalue weighted by Crippen LogP contribution is 2.33. The monoisotopic (exact) mass is 479 g/mol. The van der Waals surface area contributed by atoms with Crippen LogP contribution in [0.2, 0.25) is 5.02 Å². The van der Waals surface area contributed by atoms with Crippen molar-refractivity contribution >= 4 is 56.6 Å². The number of carbonyl (C=O) groups is 1. The van der Waals surface area contributed by atoms with E-state index in [1.54, 1.807) is 0 Å². The number of hydrogen-bond donors (Lipinski definition) is 0. The van der Waals surface area contributed by atoms with Crippen molar-refractivity contribution in [3.05, 3.63) is 58.1 Å². The van der Waals surface area contributed by atoms with Crippen molar-refractivity contribution in [1.29, 1.82) is 0 Å². The van der Waals surface area contributed by atoms with E-state index in [1.165, 1.54) is 16.9 Å². The van der Waals surface area contributed by atoms with Crippen LogP contribution in [-0.4, -0.2) is 55.2 Å². The van der Waals surface area contributed by atoms with E-state index in [2.05, 4.69) is 11.8 Å². The largest absolute Gasteiger partial charge is 0.379 e. The van der Waals surface area contributed by atoms with Crippen LogP contribution in [0, 0.1) is 13.8 Å². The van der Waals surface area contributed by atoms with Gasteiger partial charge in [0.25, 0.3) is 5.91 Å². The molecule has 0 unspecified atom stereocenters. The molecule has 4 rings (SSSR count). The number of benzene rings is 2. The predicted molar refractivity (Wildman–Crippen MR) is 131 cm³/mol. The molecule has 0 atom stereocenters. The Bertz CT molecular complexity index is 1050. The lowest BCUT2D eigenvalue weighted by Crippen LogP contribution is -2.39. The maximum atomic E-state index is 13.5. The first kappa shape index (κ1) is 24.0. The molecule has 1 aromatic heterocycles. The zero-order valence-electron chi connectivity index (χ0n) is 17.8. The smallest absolute Gasteiger partial charge is 0.260 e. The number of halogens is 2. The molecule has 0 N–H and O–H groups in total. The Labute approximate surface area is 198 Å². The standard InChI is InChI=1S/C23H26ClN3O2S.ClH/c1-16-7-8-18(15-17(16)2)22(28)27(10-4-9-26-11-13-29-14-12-26)23-25-21-19(24)5-3-6-20(21)30-23;/h3,5-8,15H,4,9-14H2,1-2H3;1H. The molecule has 31 heavy (non-hydrogen) atoms. The Hall–Kier alpha value is -1.70. The van der Waals surface area contributed by atoms with Gasteiger partial charge in [0.2, 0.25) is 0 Å². The van der Waals surface area contributed by atoms with E-state index in [4.69, 9.17) is 21.3 Å². The summed E-state index contributed by atoms with van der Waals surface area (Å²) in [6, 6.07) is 11.6. The maximum absolute atomic E-state index is 13.5. The van der Waals surface area contributed by atoms with Crippen molar-refractivity contribution in [1.82, 2.24) is 9.88 Å². The zero-order valence-corrected chi connectivity index (χ0v) is 20.2. The number of carbonyl (C=O) groups excluding carboxylic acids is 1. The quantitative estimate of drug-likeness (QED) is 0.477. The fourth-order valence-corrected chi connectivity index (χ4v) is 4.90. The lowest BCUT2D eigenvalue weighted by Gasteiger charge is -2.27. The second-order valence-corrected chi connectivity index (χ2v) is 9.06. The molecular weight excluding hydrogens is 453 g/mol. The van der Waals surface area contributed by atoms with Gasteiger partial charge in [-0.3, -0.25) is 14.6 Å². The molecule has 8 heteroatoms. The molecule has 0 bridgehead atoms. The number of nitrogens with zero attached hydrogens (tertiary/aromatic N) is 3. The van der Waals surface area contributed by atoms with Crippen molar-refractivity contribution in [3.8, 4) is 0 Å². The van der Waals surface area contributed by atoms with Gasteiger partial charge in [0.05, 0.1) is 22.9 Å². The third-order valence-electron chi connectivity index (χ3n) is 5.55. The second-order valence-electron chi connectivity index (χ2n) is 7.65. The molecule has 0 radical (unpaired) electrons. The summed E-state index contributed by atoms with van der Waals surface area (Å²) in [6.45, 7) is 9.09. The average molecular weight is 480 g/mol. The fraction of sp³-hybridized carbons (Fsp3) is 0.391. The van der Waals surface area contributed by atoms with Crippen LogP contribution in [0.3, 0.4) is 0 Å². The summed E-state index contributed by atoms with van der Waals surface area (Å²) in [6.07, 6.45) is 0.875. The molecule has 3 aromatic rings. The second kappa shape index (κ2) is 10.7. The Morgan fingerprint density at radius 1 is 1.19 bits per heavy atom. The summed E-state index contributed by atoms with van der Waals surface area (Å²) >= 11 is 7.85. The van der Waals surface area contributed by atoms with Crippen molar-refractivity contribution in [3.63, 3.8) is 0 Å². The molecular formula is C23H27Cl2N3O2S. The van der Waals surface area contributed by atoms with Gasteiger partial charge in [-0.1, -0.05) is 35.1 Å². The highest BCUT2D eigenvalue weighted by molar-refractivity contribution is 7.22. The predicted octanol–water partition coefficient (Wildman–Crippen LogP) is 5.36. The number of amides is 1. The molecule has 5 nitrogen and oxygen atoms in total. The van der Waals surface area contributed by atoms with E-state index >= 15 is 0 Å². The van der Waals surface area contributed by atoms with Crippen molar-refractivity contribution in [2.24, 2.45) is 0 Å². The van der Waals surface area contributed by atoms with E-state index in [9.17, 15) is 4.79 Å². The highest BCUT2D eigenvalue weighted by Gasteiger charge is 2.22. The molecule has 0 saturated carbocycles. The number of aromatic nitrogens is 1. The molecule has 1 fully saturated rings. The number of rotatable bonds is 6. The van der Waals surface area contributed by atoms with Crippen molar-refractivity contribution in [2.45, 2.75) is 20.3 Å². The van der Waals surface area contributed by atoms with E-state index in [0.717, 1.165) is 55.0 Å². The molecule has 166 valence electrons. The number of hydrogen-bond acceptors (Lipinski definition) is 5. The van der Waals surface area contributed by atoms with Crippen LogP contribution in [0.5, 0.6) is 0 Å². The Balaban J connectivity index is 0.00000272. The van der Waals surface area contributed by atoms with Gasteiger partial charge >= 0.3 is 0 Å². The van der Waals surface area contributed by atoms with Crippen LogP contribution in [0.4, 0.5) is 5.13 Å². The van der Waals surface area contributed by atoms with Gasteiger partial charge in [0, 0.05) is 31.7 Å². The maximum Gasteiger partial charge on any atom is 0.260 e. The van der Waals surface area contributed by atoms with Gasteiger partial charge in [0.1, 0.15) is 5.52 Å². The summed E-state index contributed by atoms with van der Waals surface area (Å²) in [5.41, 5.74) is 3.73. The van der Waals surface area contributed by atoms with Crippen molar-refractivity contribution in [2.75, 3.05) is 44.3 Å². The van der Waals surface area contributed by atoms with Gasteiger partial charge in [0.15, 0.2) is 5.13 Å². The average Bonchev–Trinajstić information content (AvgIpc) is 3.19. The van der Waals surface area contributed by atoms with Gasteiger partial charge in [-0.05, 0) is 55.7 Å². The van der Waals surface area contributed by atoms with Crippen molar-refractivity contribution < 1.29 is 9.53 Å². The van der Waals surface area contributed by atoms with Gasteiger partial charge in [-0.15, -0.1) is 12.4 Å². The fourth-order valence-electron chi connectivity index (χ4n) is 3.61. The van der Waals surface area contributed by atoms with Crippen LogP contribution >= 0.6 is 35.3 Å². The van der Waals surface area contributed by atoms with Gasteiger partial charge in [-0.2, -0.15) is 0 Å². The summed E-state index contributed by atoms with van der Waals surface area (Å²) in [7, 11) is 0. The third-order valence-corrected chi connectivity index (χ3v) is 6.90. The Kier molecular flexibility index (Phi) is 8.30. The number of fused-ring (bicyclic) bond motifs is 1. The minimum atomic E-state index is -0.0183. The van der Waals surface area contributed by atoms with Crippen LogP contribution in [0.25, 0.3) is 10.2 Å². The summed E-state index contributed by atoms with van der Waals surface area (Å²) < 4.78 is 6.42. The Morgan fingerprint density at radius 2 is 1.97 bits per heavy atom. The minimum Gasteiger partial charge on any atom is -0.379 e. The zero-order chi connectivity index (χ0) is 21.1. The number of aryl methyl sites for hydroxylation is 2. The van der Waals surface area contributed by atoms with E-state index in [-0.39, 0.29) is 18.3 Å². The molecule has 1 aliphatic rings. The molecule has 1 amide bonds. The molecule has 2 aromatic carbocycles. The van der Waals surface area contributed by atoms with Gasteiger partial charge < -0.3 is 4.74 Å². The molecule has 1 aliphatic heterocycles. The van der Waals surface area contributed by atoms with Crippen LogP contribution in [-0.2, 0) is 4.74 Å². The first-order chi connectivity index (χ1) is 14.5. The molecule has 1 saturated heterocycles. The first-order valence-corrected chi connectivity index (χ1v) is 11.5. The Morgan fingerprint density at radius 3 is 2.68 bits per heavy atom. The summed E-state index contributed by atoms with van der Waals surface area (Å²) in [5, 5.41) is 1.31. The topological polar surface area (TPSA) is 45.7 Å². The number of anilines is 1. The van der Waals surface area contributed by atoms with Gasteiger partial charge in [-0.25, -0.2) is 4.98 Å². The number of morpholine rings is 1. The van der Waals surface area contributed by atoms with E-state index in [0.29, 0.717) is 22.3 Å². The van der Waals surface area contributed by atoms with Crippen LogP contribution in [0.1, 0.15) is 27.9 Å². The first-order valence-electron chi connectivity index (χ1n) is 10.3. The molecule has 0 spiro atoms. The number of para-hydroxylation sites is 1. The normalized spacial score (nSPS) is 14.4. The SMILES string of the molecule is Cc1ccc(C(=O)N(CCCN2CCOCC2)c2nc3c(Cl)cccc3s2)cc1C.Cl. The summed E-state index contributed by atoms with van der Waals surface area (Å²) in [5.74, 6) is -0.0183. The van der Waals surface area contributed by atoms with E-state index < -0.39 is 0 Å². The van der Waals surface area contributed by atoms with Crippen LogP contribution < -0.4 is 4.90 Å². The van der Waals surface area contributed by atoms with E-state index in [1.807, 2.05) is 48.2 Å². The lowest BCUT2D eigenvalue weighted by molar-refractivity contribution is 0.0376. The molecule has 2 heterocycles. The number of thiazole rings is 1. The molecule has 0 aliphatic carbocycles. The van der Waals surface area contributed by atoms with Crippen LogP contribution in [0.15, 0.2) is 36.4 Å². The summed E-state index contributed by atoms with van der Waals surface area (Å²) in [4.78, 5) is 22.4. The minimum absolute atomic E-state index is 0. The number of ether oxygens (including phenoxy) is 1.